The molecule has 0 radical (unpaired) electrons. The number of thioether (sulfide) groups is 1. The van der Waals surface area contributed by atoms with Gasteiger partial charge in [-0.1, -0.05) is 59.9 Å². The largest absolute Gasteiger partial charge is 0.494 e. The molecule has 2 aromatic carbocycles. The third-order valence-electron chi connectivity index (χ3n) is 4.34. The van der Waals surface area contributed by atoms with Gasteiger partial charge in [0.1, 0.15) is 14.1 Å². The van der Waals surface area contributed by atoms with Crippen LogP contribution in [0.4, 0.5) is 5.69 Å². The summed E-state index contributed by atoms with van der Waals surface area (Å²) in [6, 6.07) is 16.7. The van der Waals surface area contributed by atoms with Gasteiger partial charge in [-0.25, -0.2) is 0 Å². The van der Waals surface area contributed by atoms with E-state index >= 15 is 0 Å². The van der Waals surface area contributed by atoms with Crippen LogP contribution in [0, 0.1) is 12.3 Å². The van der Waals surface area contributed by atoms with Crippen LogP contribution in [0.15, 0.2) is 54.6 Å². The number of para-hydroxylation sites is 1. The summed E-state index contributed by atoms with van der Waals surface area (Å²) < 4.78 is 2.71. The average molecular weight is 441 g/mol. The number of aryl methyl sites for hydroxylation is 1. The first-order chi connectivity index (χ1) is 13.9. The van der Waals surface area contributed by atoms with Crippen LogP contribution >= 0.6 is 35.3 Å². The predicted molar refractivity (Wildman–Crippen MR) is 121 cm³/mol. The number of anilines is 1. The van der Waals surface area contributed by atoms with Crippen molar-refractivity contribution in [1.29, 1.82) is 5.41 Å². The van der Waals surface area contributed by atoms with E-state index in [2.05, 4.69) is 0 Å². The average Bonchev–Trinajstić information content (AvgIpc) is 3.19. The second-order valence-corrected chi connectivity index (χ2v) is 8.96. The van der Waals surface area contributed by atoms with Crippen LogP contribution < -0.4 is 25.3 Å². The van der Waals surface area contributed by atoms with Crippen LogP contribution in [0.1, 0.15) is 5.56 Å². The molecule has 1 aliphatic heterocycles. The molecule has 6 nitrogen and oxygen atoms in total. The first-order valence-corrected chi connectivity index (χ1v) is 10.6. The number of aromatic nitrogens is 1. The molecule has 9 heteroatoms. The number of hydrogen-bond donors (Lipinski definition) is 3. The molecular weight excluding hydrogens is 424 g/mol. The highest BCUT2D eigenvalue weighted by atomic mass is 32.2. The zero-order valence-electron chi connectivity index (χ0n) is 15.2. The maximum Gasteiger partial charge on any atom is 0.273 e. The number of aliphatic hydroxyl groups is 1. The number of carbonyl (C=O) groups excluding carboxylic acids is 1. The van der Waals surface area contributed by atoms with E-state index in [1.165, 1.54) is 16.7 Å². The van der Waals surface area contributed by atoms with Crippen molar-refractivity contribution in [2.24, 2.45) is 5.73 Å². The number of thiocarbonyl (C=S) groups is 1. The minimum Gasteiger partial charge on any atom is -0.494 e. The van der Waals surface area contributed by atoms with Crippen LogP contribution in [0.5, 0.6) is 0 Å². The maximum atomic E-state index is 13.3. The molecule has 1 amide bonds. The number of rotatable bonds is 2. The number of carbonyl (C=O) groups is 1. The summed E-state index contributed by atoms with van der Waals surface area (Å²) >= 11 is 7.74. The fourth-order valence-corrected chi connectivity index (χ4v) is 5.40. The number of hydrogen-bond acceptors (Lipinski definition) is 7. The van der Waals surface area contributed by atoms with Gasteiger partial charge in [-0.3, -0.25) is 19.7 Å². The number of nitrogens with two attached hydrogens (primary N) is 1. The Balaban J connectivity index is 1.99. The lowest BCUT2D eigenvalue weighted by Gasteiger charge is -2.14. The molecule has 4 rings (SSSR count). The molecule has 1 fully saturated rings. The van der Waals surface area contributed by atoms with Gasteiger partial charge in [-0.15, -0.1) is 11.3 Å². The normalized spacial score (nSPS) is 17.1. The summed E-state index contributed by atoms with van der Waals surface area (Å²) in [4.78, 5) is 15.2. The van der Waals surface area contributed by atoms with E-state index in [0.717, 1.165) is 16.9 Å². The quantitative estimate of drug-likeness (QED) is 0.531. The molecule has 0 saturated carbocycles. The summed E-state index contributed by atoms with van der Waals surface area (Å²) in [5.74, 6) is -0.720. The van der Waals surface area contributed by atoms with Crippen molar-refractivity contribution in [3.63, 3.8) is 0 Å². The highest BCUT2D eigenvalue weighted by Gasteiger charge is 2.35. The molecule has 1 aliphatic rings. The monoisotopic (exact) mass is 440 g/mol. The smallest absolute Gasteiger partial charge is 0.273 e. The van der Waals surface area contributed by atoms with E-state index in [4.69, 9.17) is 23.4 Å². The Morgan fingerprint density at radius 1 is 1.10 bits per heavy atom. The third-order valence-corrected chi connectivity index (χ3v) is 7.02. The van der Waals surface area contributed by atoms with Crippen molar-refractivity contribution < 1.29 is 9.90 Å². The van der Waals surface area contributed by atoms with Gasteiger partial charge in [0.2, 0.25) is 5.88 Å². The lowest BCUT2D eigenvalue weighted by molar-refractivity contribution is -0.112. The molecular formula is C20H16N4O2S3. The minimum atomic E-state index is -0.454. The second kappa shape index (κ2) is 7.51. The molecule has 2 heterocycles. The maximum absolute atomic E-state index is 13.3. The third kappa shape index (κ3) is 3.37. The lowest BCUT2D eigenvalue weighted by atomic mass is 10.2. The highest BCUT2D eigenvalue weighted by molar-refractivity contribution is 8.31. The summed E-state index contributed by atoms with van der Waals surface area (Å²) in [6.07, 6.45) is 0. The molecule has 146 valence electrons. The van der Waals surface area contributed by atoms with E-state index < -0.39 is 5.88 Å². The molecule has 0 atom stereocenters. The summed E-state index contributed by atoms with van der Waals surface area (Å²) in [5, 5.41) is 18.3. The fourth-order valence-electron chi connectivity index (χ4n) is 2.95. The Labute approximate surface area is 179 Å². The Morgan fingerprint density at radius 2 is 1.76 bits per heavy atom. The van der Waals surface area contributed by atoms with Gasteiger partial charge >= 0.3 is 0 Å². The van der Waals surface area contributed by atoms with Crippen molar-refractivity contribution in [3.8, 4) is 5.69 Å². The van der Waals surface area contributed by atoms with Crippen molar-refractivity contribution in [2.45, 2.75) is 6.92 Å². The highest BCUT2D eigenvalue weighted by Crippen LogP contribution is 2.35. The molecule has 0 unspecified atom stereocenters. The number of amides is 1. The number of nitrogens with one attached hydrogen (secondary N) is 1. The van der Waals surface area contributed by atoms with Crippen LogP contribution in [-0.2, 0) is 4.79 Å². The molecule has 1 saturated heterocycles. The van der Waals surface area contributed by atoms with Crippen LogP contribution in [0.2, 0.25) is 0 Å². The molecule has 1 aromatic heterocycles. The van der Waals surface area contributed by atoms with Gasteiger partial charge in [-0.05, 0) is 31.2 Å². The Kier molecular flexibility index (Phi) is 5.03. The van der Waals surface area contributed by atoms with Gasteiger partial charge in [0.15, 0.2) is 9.81 Å². The van der Waals surface area contributed by atoms with E-state index in [0.29, 0.717) is 25.3 Å². The standard InChI is InChI=1S/C20H16N4O2S3/c1-11-7-9-13(10-8-11)24-18(26)15(29-20(24)27)19-23(12-5-3-2-4-6-12)16(21)14(28-19)17(22)25/h2-10,21,25H,22H2,1H3. The zero-order chi connectivity index (χ0) is 20.7. The number of benzene rings is 2. The van der Waals surface area contributed by atoms with Crippen LogP contribution in [-0.4, -0.2) is 19.9 Å². The van der Waals surface area contributed by atoms with Gasteiger partial charge < -0.3 is 10.8 Å². The number of aliphatic hydroxyl groups excluding tert-OH is 1. The number of thiazole rings is 1. The van der Waals surface area contributed by atoms with Gasteiger partial charge in [-0.2, -0.15) is 0 Å². The Bertz CT molecular complexity index is 1300. The van der Waals surface area contributed by atoms with Crippen LogP contribution in [0.3, 0.4) is 0 Å². The Hall–Kier alpha value is -2.88. The number of nitrogens with zero attached hydrogens (tertiary/aromatic N) is 2. The fraction of sp³-hybridized carbons (Fsp3) is 0.0500. The molecule has 4 N–H and O–H groups in total. The van der Waals surface area contributed by atoms with Crippen molar-refractivity contribution in [2.75, 3.05) is 4.90 Å². The summed E-state index contributed by atoms with van der Waals surface area (Å²) in [5.41, 5.74) is 8.06. The topological polar surface area (TPSA) is 95.3 Å². The Morgan fingerprint density at radius 3 is 2.38 bits per heavy atom. The van der Waals surface area contributed by atoms with Gasteiger partial charge in [0, 0.05) is 5.69 Å². The molecule has 0 bridgehead atoms. The summed E-state index contributed by atoms with van der Waals surface area (Å²) in [7, 11) is 0. The van der Waals surface area contributed by atoms with Crippen molar-refractivity contribution in [3.05, 3.63) is 74.8 Å². The van der Waals surface area contributed by atoms with Gasteiger partial charge in [0.25, 0.3) is 5.91 Å². The minimum absolute atomic E-state index is 0.0109. The molecule has 0 aliphatic carbocycles. The van der Waals surface area contributed by atoms with E-state index in [1.54, 1.807) is 4.57 Å². The first kappa shape index (κ1) is 19.4. The lowest BCUT2D eigenvalue weighted by Crippen LogP contribution is -2.34. The first-order valence-electron chi connectivity index (χ1n) is 8.56. The van der Waals surface area contributed by atoms with Crippen LogP contribution in [0.25, 0.3) is 16.5 Å². The van der Waals surface area contributed by atoms with Gasteiger partial charge in [0.05, 0.1) is 5.69 Å². The SMILES string of the molecule is Cc1ccc(N2C(=O)C(=c3sc(=C(N)O)c(=N)n3-c3ccccc3)SC2=S)cc1. The molecule has 0 spiro atoms. The second-order valence-electron chi connectivity index (χ2n) is 6.31. The van der Waals surface area contributed by atoms with Crippen molar-refractivity contribution in [1.82, 2.24) is 4.57 Å². The zero-order valence-corrected chi connectivity index (χ0v) is 17.7. The molecule has 29 heavy (non-hydrogen) atoms. The van der Waals surface area contributed by atoms with E-state index in [1.807, 2.05) is 61.5 Å². The van der Waals surface area contributed by atoms with Crippen molar-refractivity contribution >= 4 is 62.0 Å². The van der Waals surface area contributed by atoms with E-state index in [-0.39, 0.29) is 15.9 Å². The van der Waals surface area contributed by atoms with E-state index in [9.17, 15) is 9.90 Å². The molecule has 3 aromatic rings. The predicted octanol–water partition coefficient (Wildman–Crippen LogP) is 2.08. The summed E-state index contributed by atoms with van der Waals surface area (Å²) in [6.45, 7) is 1.97.